The number of primary amides is 1. The minimum Gasteiger partial charge on any atom is -0.369 e. The molecule has 1 aromatic heterocycles. The van der Waals surface area contributed by atoms with Crippen LogP contribution in [0.15, 0.2) is 53.4 Å². The summed E-state index contributed by atoms with van der Waals surface area (Å²) in [4.78, 5) is 31.0. The second-order valence-electron chi connectivity index (χ2n) is 6.41. The van der Waals surface area contributed by atoms with Gasteiger partial charge in [0.2, 0.25) is 11.8 Å². The average molecular weight is 415 g/mol. The van der Waals surface area contributed by atoms with E-state index in [1.807, 2.05) is 61.3 Å². The lowest BCUT2D eigenvalue weighted by Gasteiger charge is -2.22. The largest absolute Gasteiger partial charge is 0.369 e. The molecule has 6 nitrogen and oxygen atoms in total. The van der Waals surface area contributed by atoms with Crippen LogP contribution in [0.2, 0.25) is 0 Å². The number of nitrogens with one attached hydrogen (secondary N) is 1. The highest BCUT2D eigenvalue weighted by Gasteiger charge is 2.19. The van der Waals surface area contributed by atoms with Crippen molar-refractivity contribution in [2.45, 2.75) is 17.9 Å². The molecule has 0 fully saturated rings. The van der Waals surface area contributed by atoms with E-state index in [-0.39, 0.29) is 24.2 Å². The predicted octanol–water partition coefficient (Wildman–Crippen LogP) is 3.51. The molecule has 2 amide bonds. The van der Waals surface area contributed by atoms with Gasteiger partial charge in [0.1, 0.15) is 5.01 Å². The van der Waals surface area contributed by atoms with Gasteiger partial charge in [-0.15, -0.1) is 23.1 Å². The van der Waals surface area contributed by atoms with E-state index < -0.39 is 5.91 Å². The zero-order chi connectivity index (χ0) is 20.1. The Bertz CT molecular complexity index is 956. The Morgan fingerprint density at radius 3 is 2.68 bits per heavy atom. The van der Waals surface area contributed by atoms with Crippen LogP contribution in [0.5, 0.6) is 0 Å². The van der Waals surface area contributed by atoms with E-state index in [1.54, 1.807) is 11.3 Å². The van der Waals surface area contributed by atoms with Crippen molar-refractivity contribution in [1.82, 2.24) is 9.88 Å². The van der Waals surface area contributed by atoms with Gasteiger partial charge in [0.25, 0.3) is 0 Å². The van der Waals surface area contributed by atoms with Gasteiger partial charge in [-0.05, 0) is 38.2 Å². The summed E-state index contributed by atoms with van der Waals surface area (Å²) in [5.41, 5.74) is 6.87. The predicted molar refractivity (Wildman–Crippen MR) is 116 cm³/mol. The molecule has 0 radical (unpaired) electrons. The molecule has 0 aliphatic carbocycles. The van der Waals surface area contributed by atoms with Gasteiger partial charge in [-0.1, -0.05) is 24.3 Å². The van der Waals surface area contributed by atoms with Crippen LogP contribution in [0.25, 0.3) is 10.2 Å². The van der Waals surface area contributed by atoms with Crippen molar-refractivity contribution >= 4 is 50.8 Å². The van der Waals surface area contributed by atoms with Crippen LogP contribution in [-0.2, 0) is 9.59 Å². The molecule has 3 N–H and O–H groups in total. The summed E-state index contributed by atoms with van der Waals surface area (Å²) in [5, 5.41) is 3.91. The lowest BCUT2D eigenvalue weighted by molar-refractivity contribution is -0.117. The molecule has 1 heterocycles. The molecule has 2 aromatic carbocycles. The smallest absolute Gasteiger partial charge is 0.238 e. The van der Waals surface area contributed by atoms with Gasteiger partial charge < -0.3 is 11.1 Å². The molecule has 3 rings (SSSR count). The second-order valence-corrected chi connectivity index (χ2v) is 8.49. The van der Waals surface area contributed by atoms with Crippen LogP contribution in [0.3, 0.4) is 0 Å². The first kappa shape index (κ1) is 20.3. The van der Waals surface area contributed by atoms with E-state index in [4.69, 9.17) is 5.73 Å². The molecule has 0 aliphatic heterocycles. The molecular formula is C20H22N4O2S2. The number of para-hydroxylation sites is 2. The maximum atomic E-state index is 12.6. The minimum absolute atomic E-state index is 0.0163. The van der Waals surface area contributed by atoms with Crippen LogP contribution in [0.1, 0.15) is 18.0 Å². The summed E-state index contributed by atoms with van der Waals surface area (Å²) >= 11 is 2.96. The van der Waals surface area contributed by atoms with Crippen molar-refractivity contribution in [3.05, 3.63) is 53.5 Å². The highest BCUT2D eigenvalue weighted by atomic mass is 32.2. The molecule has 0 spiro atoms. The van der Waals surface area contributed by atoms with Crippen LogP contribution < -0.4 is 11.1 Å². The number of hydrogen-bond acceptors (Lipinski definition) is 6. The van der Waals surface area contributed by atoms with Gasteiger partial charge in [-0.3, -0.25) is 14.5 Å². The van der Waals surface area contributed by atoms with Crippen molar-refractivity contribution in [3.8, 4) is 0 Å². The fourth-order valence-electron chi connectivity index (χ4n) is 2.66. The number of fused-ring (bicyclic) bond motifs is 1. The fraction of sp³-hybridized carbons (Fsp3) is 0.250. The third-order valence-corrected chi connectivity index (χ3v) is 6.56. The van der Waals surface area contributed by atoms with E-state index in [0.717, 1.165) is 20.1 Å². The quantitative estimate of drug-likeness (QED) is 0.551. The molecule has 3 aromatic rings. The molecule has 0 saturated heterocycles. The van der Waals surface area contributed by atoms with E-state index in [0.29, 0.717) is 5.69 Å². The van der Waals surface area contributed by atoms with Crippen molar-refractivity contribution in [2.24, 2.45) is 5.73 Å². The third kappa shape index (κ3) is 5.09. The topological polar surface area (TPSA) is 88.3 Å². The van der Waals surface area contributed by atoms with Crippen molar-refractivity contribution in [2.75, 3.05) is 24.7 Å². The van der Waals surface area contributed by atoms with Crippen LogP contribution in [0, 0.1) is 0 Å². The first-order valence-electron chi connectivity index (χ1n) is 8.79. The maximum Gasteiger partial charge on any atom is 0.238 e. The van der Waals surface area contributed by atoms with Gasteiger partial charge in [0, 0.05) is 4.90 Å². The molecule has 1 atom stereocenters. The number of likely N-dealkylation sites (N-methyl/N-ethyl adjacent to an activating group) is 1. The van der Waals surface area contributed by atoms with Gasteiger partial charge in [-0.2, -0.15) is 0 Å². The monoisotopic (exact) mass is 414 g/mol. The molecule has 0 aliphatic rings. The summed E-state index contributed by atoms with van der Waals surface area (Å²) in [6, 6.07) is 15.4. The normalized spacial score (nSPS) is 12.2. The molecule has 0 saturated carbocycles. The van der Waals surface area contributed by atoms with Gasteiger partial charge in [-0.25, -0.2) is 4.98 Å². The Balaban J connectivity index is 1.63. The zero-order valence-electron chi connectivity index (χ0n) is 15.7. The van der Waals surface area contributed by atoms with E-state index in [9.17, 15) is 9.59 Å². The molecule has 0 unspecified atom stereocenters. The number of carbonyl (C=O) groups excluding carboxylic acids is 2. The number of nitrogens with zero attached hydrogens (tertiary/aromatic N) is 2. The van der Waals surface area contributed by atoms with Crippen LogP contribution >= 0.6 is 23.1 Å². The second kappa shape index (κ2) is 9.18. The van der Waals surface area contributed by atoms with Gasteiger partial charge in [0.15, 0.2) is 0 Å². The number of amides is 2. The molecule has 8 heteroatoms. The Morgan fingerprint density at radius 2 is 1.93 bits per heavy atom. The SMILES string of the molecule is C[C@H](c1nc2ccccc2s1)N(C)CC(=O)Nc1ccccc1SCC(N)=O. The highest BCUT2D eigenvalue weighted by Crippen LogP contribution is 2.29. The summed E-state index contributed by atoms with van der Waals surface area (Å²) in [5.74, 6) is -0.348. The number of benzene rings is 2. The number of aromatic nitrogens is 1. The Kier molecular flexibility index (Phi) is 6.66. The standard InChI is InChI=1S/C20H22N4O2S2/c1-13(20-23-15-8-4-6-10-17(15)28-20)24(2)11-19(26)22-14-7-3-5-9-16(14)27-12-18(21)25/h3-10,13H,11-12H2,1-2H3,(H2,21,25)(H,22,26)/t13-/m1/s1. The van der Waals surface area contributed by atoms with Gasteiger partial charge in [0.05, 0.1) is 34.2 Å². The van der Waals surface area contributed by atoms with Crippen molar-refractivity contribution in [1.29, 1.82) is 0 Å². The number of nitrogens with two attached hydrogens (primary N) is 1. The van der Waals surface area contributed by atoms with E-state index in [1.165, 1.54) is 11.8 Å². The Morgan fingerprint density at radius 1 is 1.21 bits per heavy atom. The van der Waals surface area contributed by atoms with Crippen LogP contribution in [-0.4, -0.2) is 41.0 Å². The van der Waals surface area contributed by atoms with Gasteiger partial charge >= 0.3 is 0 Å². The average Bonchev–Trinajstić information content (AvgIpc) is 3.10. The lowest BCUT2D eigenvalue weighted by atomic mass is 10.3. The molecular weight excluding hydrogens is 392 g/mol. The summed E-state index contributed by atoms with van der Waals surface area (Å²) in [6.45, 7) is 2.27. The van der Waals surface area contributed by atoms with E-state index in [2.05, 4.69) is 16.4 Å². The molecule has 0 bridgehead atoms. The number of anilines is 1. The molecule has 28 heavy (non-hydrogen) atoms. The van der Waals surface area contributed by atoms with Crippen LogP contribution in [0.4, 0.5) is 5.69 Å². The summed E-state index contributed by atoms with van der Waals surface area (Å²) in [6.07, 6.45) is 0. The van der Waals surface area contributed by atoms with E-state index >= 15 is 0 Å². The first-order valence-corrected chi connectivity index (χ1v) is 10.6. The maximum absolute atomic E-state index is 12.6. The number of rotatable bonds is 8. The summed E-state index contributed by atoms with van der Waals surface area (Å²) < 4.78 is 1.14. The Hall–Kier alpha value is -2.42. The lowest BCUT2D eigenvalue weighted by Crippen LogP contribution is -2.32. The minimum atomic E-state index is -0.393. The van der Waals surface area contributed by atoms with Crippen molar-refractivity contribution in [3.63, 3.8) is 0 Å². The number of carbonyl (C=O) groups is 2. The number of thioether (sulfide) groups is 1. The zero-order valence-corrected chi connectivity index (χ0v) is 17.3. The Labute approximate surface area is 172 Å². The third-order valence-electron chi connectivity index (χ3n) is 4.25. The highest BCUT2D eigenvalue weighted by molar-refractivity contribution is 8.00. The number of thiazole rings is 1. The first-order chi connectivity index (χ1) is 13.4. The van der Waals surface area contributed by atoms with Crippen molar-refractivity contribution < 1.29 is 9.59 Å². The summed E-state index contributed by atoms with van der Waals surface area (Å²) in [7, 11) is 1.91. The fourth-order valence-corrected chi connectivity index (χ4v) is 4.49. The molecule has 146 valence electrons. The number of hydrogen-bond donors (Lipinski definition) is 2.